The Kier molecular flexibility index (Phi) is 3.12. The molecule has 0 spiro atoms. The van der Waals surface area contributed by atoms with Crippen molar-refractivity contribution in [1.29, 1.82) is 0 Å². The number of nitrogen functional groups attached to an aromatic ring is 1. The van der Waals surface area contributed by atoms with Crippen LogP contribution in [0.4, 0.5) is 5.82 Å². The summed E-state index contributed by atoms with van der Waals surface area (Å²) in [6, 6.07) is 8.17. The monoisotopic (exact) mass is 279 g/mol. The Bertz CT molecular complexity index is 523. The van der Waals surface area contributed by atoms with Crippen LogP contribution in [-0.2, 0) is 0 Å². The molecule has 1 aromatic heterocycles. The lowest BCUT2D eigenvalue weighted by atomic mass is 10.0. The Morgan fingerprint density at radius 3 is 2.75 bits per heavy atom. The van der Waals surface area contributed by atoms with Crippen molar-refractivity contribution in [3.63, 3.8) is 0 Å². The van der Waals surface area contributed by atoms with E-state index >= 15 is 0 Å². The lowest BCUT2D eigenvalue weighted by molar-refractivity contribution is 0.862. The summed E-state index contributed by atoms with van der Waals surface area (Å²) >= 11 is 3.49. The summed E-state index contributed by atoms with van der Waals surface area (Å²) in [5, 5.41) is 1.12. The molecule has 0 aliphatic rings. The van der Waals surface area contributed by atoms with Crippen molar-refractivity contribution in [2.24, 2.45) is 5.84 Å². The minimum atomic E-state index is 0.391. The number of anilines is 1. The summed E-state index contributed by atoms with van der Waals surface area (Å²) in [6.07, 6.45) is 0. The van der Waals surface area contributed by atoms with E-state index in [4.69, 9.17) is 5.84 Å². The molecular formula is C12H14BrN3. The molecular weight excluding hydrogens is 266 g/mol. The summed E-state index contributed by atoms with van der Waals surface area (Å²) < 4.78 is 0.983. The van der Waals surface area contributed by atoms with Gasteiger partial charge in [-0.1, -0.05) is 26.0 Å². The van der Waals surface area contributed by atoms with E-state index in [0.717, 1.165) is 26.8 Å². The van der Waals surface area contributed by atoms with E-state index in [9.17, 15) is 0 Å². The molecule has 0 unspecified atom stereocenters. The zero-order valence-electron chi connectivity index (χ0n) is 9.29. The lowest BCUT2D eigenvalue weighted by Crippen LogP contribution is -2.12. The second-order valence-electron chi connectivity index (χ2n) is 4.04. The number of rotatable bonds is 2. The van der Waals surface area contributed by atoms with Crippen LogP contribution in [0.1, 0.15) is 25.3 Å². The van der Waals surface area contributed by atoms with E-state index in [2.05, 4.69) is 52.3 Å². The number of hydrogen-bond acceptors (Lipinski definition) is 3. The zero-order chi connectivity index (χ0) is 11.7. The Hall–Kier alpha value is -1.13. The third-order valence-corrected chi connectivity index (χ3v) is 3.22. The highest BCUT2D eigenvalue weighted by molar-refractivity contribution is 9.10. The van der Waals surface area contributed by atoms with Crippen molar-refractivity contribution >= 4 is 32.7 Å². The first kappa shape index (κ1) is 11.4. The Balaban J connectivity index is 2.75. The molecule has 0 saturated carbocycles. The fraction of sp³-hybridized carbons (Fsp3) is 0.250. The first-order chi connectivity index (χ1) is 7.63. The van der Waals surface area contributed by atoms with Crippen LogP contribution in [0.2, 0.25) is 0 Å². The largest absolute Gasteiger partial charge is 0.308 e. The molecule has 1 heterocycles. The van der Waals surface area contributed by atoms with Crippen LogP contribution in [0.3, 0.4) is 0 Å². The summed E-state index contributed by atoms with van der Waals surface area (Å²) in [7, 11) is 0. The van der Waals surface area contributed by atoms with E-state index in [1.165, 1.54) is 0 Å². The molecule has 3 nitrogen and oxygen atoms in total. The number of nitrogens with two attached hydrogens (primary N) is 1. The number of pyridine rings is 1. The number of fused-ring (bicyclic) bond motifs is 1. The molecule has 1 aromatic carbocycles. The number of aromatic nitrogens is 1. The van der Waals surface area contributed by atoms with Gasteiger partial charge in [0.1, 0.15) is 5.82 Å². The molecule has 2 rings (SSSR count). The minimum absolute atomic E-state index is 0.391. The number of halogens is 1. The van der Waals surface area contributed by atoms with Crippen molar-refractivity contribution < 1.29 is 0 Å². The SMILES string of the molecule is CC(C)c1cc2cccc(Br)c2nc1NN. The van der Waals surface area contributed by atoms with Gasteiger partial charge in [-0.2, -0.15) is 0 Å². The minimum Gasteiger partial charge on any atom is -0.308 e. The van der Waals surface area contributed by atoms with Crippen LogP contribution < -0.4 is 11.3 Å². The number of hydrazine groups is 1. The van der Waals surface area contributed by atoms with Gasteiger partial charge in [0.05, 0.1) is 5.52 Å². The van der Waals surface area contributed by atoms with Gasteiger partial charge in [0, 0.05) is 9.86 Å². The molecule has 84 valence electrons. The van der Waals surface area contributed by atoms with Crippen molar-refractivity contribution in [3.8, 4) is 0 Å². The molecule has 16 heavy (non-hydrogen) atoms. The van der Waals surface area contributed by atoms with Gasteiger partial charge in [-0.05, 0) is 39.5 Å². The highest BCUT2D eigenvalue weighted by Crippen LogP contribution is 2.29. The Labute approximate surface area is 103 Å². The number of nitrogens with zero attached hydrogens (tertiary/aromatic N) is 1. The summed E-state index contributed by atoms with van der Waals surface area (Å²) in [5.74, 6) is 6.64. The quantitative estimate of drug-likeness (QED) is 0.654. The molecule has 4 heteroatoms. The first-order valence-corrected chi connectivity index (χ1v) is 5.98. The lowest BCUT2D eigenvalue weighted by Gasteiger charge is -2.13. The molecule has 0 aliphatic carbocycles. The maximum absolute atomic E-state index is 5.50. The van der Waals surface area contributed by atoms with Crippen LogP contribution >= 0.6 is 15.9 Å². The topological polar surface area (TPSA) is 50.9 Å². The van der Waals surface area contributed by atoms with Crippen molar-refractivity contribution in [1.82, 2.24) is 4.98 Å². The smallest absolute Gasteiger partial charge is 0.144 e. The van der Waals surface area contributed by atoms with E-state index in [0.29, 0.717) is 5.92 Å². The molecule has 0 saturated heterocycles. The van der Waals surface area contributed by atoms with Gasteiger partial charge in [0.2, 0.25) is 0 Å². The van der Waals surface area contributed by atoms with Crippen molar-refractivity contribution in [3.05, 3.63) is 34.3 Å². The van der Waals surface area contributed by atoms with E-state index in [1.807, 2.05) is 12.1 Å². The van der Waals surface area contributed by atoms with Gasteiger partial charge in [0.15, 0.2) is 0 Å². The summed E-state index contributed by atoms with van der Waals surface area (Å²) in [6.45, 7) is 4.25. The second-order valence-corrected chi connectivity index (χ2v) is 4.89. The highest BCUT2D eigenvalue weighted by atomic mass is 79.9. The summed E-state index contributed by atoms with van der Waals surface area (Å²) in [4.78, 5) is 4.53. The predicted octanol–water partition coefficient (Wildman–Crippen LogP) is 3.41. The molecule has 0 bridgehead atoms. The number of para-hydroxylation sites is 1. The van der Waals surface area contributed by atoms with Crippen LogP contribution in [0.15, 0.2) is 28.7 Å². The van der Waals surface area contributed by atoms with E-state index in [-0.39, 0.29) is 0 Å². The van der Waals surface area contributed by atoms with Crippen LogP contribution in [0.5, 0.6) is 0 Å². The molecule has 0 aliphatic heterocycles. The molecule has 2 aromatic rings. The molecule has 0 amide bonds. The van der Waals surface area contributed by atoms with Gasteiger partial charge in [-0.15, -0.1) is 0 Å². The Morgan fingerprint density at radius 1 is 1.38 bits per heavy atom. The highest BCUT2D eigenvalue weighted by Gasteiger charge is 2.10. The third kappa shape index (κ3) is 1.90. The second kappa shape index (κ2) is 4.39. The van der Waals surface area contributed by atoms with E-state index in [1.54, 1.807) is 0 Å². The van der Waals surface area contributed by atoms with Gasteiger partial charge in [-0.25, -0.2) is 10.8 Å². The fourth-order valence-corrected chi connectivity index (χ4v) is 2.20. The average molecular weight is 280 g/mol. The number of nitrogens with one attached hydrogen (secondary N) is 1. The molecule has 0 atom stereocenters. The van der Waals surface area contributed by atoms with E-state index < -0.39 is 0 Å². The van der Waals surface area contributed by atoms with Gasteiger partial charge >= 0.3 is 0 Å². The van der Waals surface area contributed by atoms with Crippen LogP contribution in [0, 0.1) is 0 Å². The van der Waals surface area contributed by atoms with Crippen LogP contribution in [-0.4, -0.2) is 4.98 Å². The third-order valence-electron chi connectivity index (χ3n) is 2.58. The molecule has 0 fully saturated rings. The predicted molar refractivity (Wildman–Crippen MR) is 71.3 cm³/mol. The standard InChI is InChI=1S/C12H14BrN3/c1-7(2)9-6-8-4-3-5-10(13)11(8)15-12(9)16-14/h3-7H,14H2,1-2H3,(H,15,16). The molecule has 0 radical (unpaired) electrons. The average Bonchev–Trinajstić information content (AvgIpc) is 2.28. The summed E-state index contributed by atoms with van der Waals surface area (Å²) in [5.41, 5.74) is 4.73. The number of benzene rings is 1. The van der Waals surface area contributed by atoms with Gasteiger partial charge in [0.25, 0.3) is 0 Å². The maximum Gasteiger partial charge on any atom is 0.144 e. The van der Waals surface area contributed by atoms with Gasteiger partial charge < -0.3 is 5.43 Å². The van der Waals surface area contributed by atoms with Crippen molar-refractivity contribution in [2.45, 2.75) is 19.8 Å². The zero-order valence-corrected chi connectivity index (χ0v) is 10.9. The molecule has 3 N–H and O–H groups in total. The van der Waals surface area contributed by atoms with Crippen LogP contribution in [0.25, 0.3) is 10.9 Å². The fourth-order valence-electron chi connectivity index (χ4n) is 1.73. The Morgan fingerprint density at radius 2 is 2.12 bits per heavy atom. The van der Waals surface area contributed by atoms with Gasteiger partial charge in [-0.3, -0.25) is 0 Å². The number of hydrogen-bond donors (Lipinski definition) is 2. The maximum atomic E-state index is 5.50. The van der Waals surface area contributed by atoms with Crippen molar-refractivity contribution in [2.75, 3.05) is 5.43 Å². The first-order valence-electron chi connectivity index (χ1n) is 5.19. The normalized spacial score (nSPS) is 11.1.